The first-order chi connectivity index (χ1) is 13.0. The number of ether oxygens (including phenoxy) is 1. The highest BCUT2D eigenvalue weighted by Crippen LogP contribution is 2.11. The van der Waals surface area contributed by atoms with Crippen molar-refractivity contribution in [2.45, 2.75) is 85.4 Å². The normalized spacial score (nSPS) is 14.6. The number of nitrogens with one attached hydrogen (secondary N) is 2. The van der Waals surface area contributed by atoms with E-state index in [2.05, 4.69) is 41.3 Å². The second-order valence-electron chi connectivity index (χ2n) is 8.44. The molecule has 0 heterocycles. The van der Waals surface area contributed by atoms with Gasteiger partial charge in [0.25, 0.3) is 0 Å². The van der Waals surface area contributed by atoms with Gasteiger partial charge in [0.2, 0.25) is 0 Å². The minimum atomic E-state index is -0.475. The topological polar surface area (TPSA) is 69.2 Å². The first-order valence-electron chi connectivity index (χ1n) is 10.7. The SMILES string of the molecule is CCN(CC)CCCC(C)NC(=NC)NCCC(C)N(C)C(=O)OC(C)(C)C. The van der Waals surface area contributed by atoms with Crippen LogP contribution in [0.3, 0.4) is 0 Å². The molecule has 0 aliphatic carbocycles. The van der Waals surface area contributed by atoms with Gasteiger partial charge in [0.1, 0.15) is 5.60 Å². The van der Waals surface area contributed by atoms with Crippen molar-refractivity contribution in [3.63, 3.8) is 0 Å². The third-order valence-corrected chi connectivity index (χ3v) is 4.81. The van der Waals surface area contributed by atoms with Crippen LogP contribution in [0.2, 0.25) is 0 Å². The van der Waals surface area contributed by atoms with E-state index in [1.54, 1.807) is 19.0 Å². The lowest BCUT2D eigenvalue weighted by atomic mass is 10.2. The van der Waals surface area contributed by atoms with E-state index in [1.165, 1.54) is 6.42 Å². The number of hydrogen-bond acceptors (Lipinski definition) is 4. The Hall–Kier alpha value is -1.50. The predicted octanol–water partition coefficient (Wildman–Crippen LogP) is 3.31. The summed E-state index contributed by atoms with van der Waals surface area (Å²) in [6.07, 6.45) is 2.80. The monoisotopic (exact) mass is 399 g/mol. The minimum Gasteiger partial charge on any atom is -0.444 e. The summed E-state index contributed by atoms with van der Waals surface area (Å²) in [4.78, 5) is 20.5. The Kier molecular flexibility index (Phi) is 12.9. The van der Waals surface area contributed by atoms with Crippen molar-refractivity contribution >= 4 is 12.1 Å². The molecule has 2 atom stereocenters. The zero-order chi connectivity index (χ0) is 21.7. The van der Waals surface area contributed by atoms with Crippen molar-refractivity contribution in [1.29, 1.82) is 0 Å². The zero-order valence-corrected chi connectivity index (χ0v) is 19.8. The summed E-state index contributed by atoms with van der Waals surface area (Å²) in [5, 5.41) is 6.79. The van der Waals surface area contributed by atoms with E-state index in [9.17, 15) is 4.79 Å². The molecule has 0 aromatic carbocycles. The predicted molar refractivity (Wildman–Crippen MR) is 119 cm³/mol. The molecule has 2 N–H and O–H groups in total. The first kappa shape index (κ1) is 26.5. The van der Waals surface area contributed by atoms with Crippen LogP contribution in [-0.4, -0.2) is 79.8 Å². The number of rotatable bonds is 11. The maximum Gasteiger partial charge on any atom is 0.410 e. The highest BCUT2D eigenvalue weighted by Gasteiger charge is 2.22. The standard InChI is InChI=1S/C21H45N5O2/c1-10-26(11-2)16-12-13-17(3)24-19(22-8)23-15-14-18(4)25(9)20(27)28-21(5,6)7/h17-18H,10-16H2,1-9H3,(H2,22,23,24). The lowest BCUT2D eigenvalue weighted by Gasteiger charge is -2.29. The fourth-order valence-electron chi connectivity index (χ4n) is 2.77. The third kappa shape index (κ3) is 12.1. The molecule has 0 bridgehead atoms. The number of carbonyl (C=O) groups is 1. The summed E-state index contributed by atoms with van der Waals surface area (Å²) < 4.78 is 5.42. The molecule has 7 heteroatoms. The van der Waals surface area contributed by atoms with Crippen LogP contribution in [0.5, 0.6) is 0 Å². The van der Waals surface area contributed by atoms with Crippen LogP contribution in [0.4, 0.5) is 4.79 Å². The Bertz CT molecular complexity index is 458. The van der Waals surface area contributed by atoms with Gasteiger partial charge >= 0.3 is 6.09 Å². The average Bonchev–Trinajstić information content (AvgIpc) is 2.62. The van der Waals surface area contributed by atoms with Crippen LogP contribution in [0.15, 0.2) is 4.99 Å². The molecule has 28 heavy (non-hydrogen) atoms. The van der Waals surface area contributed by atoms with Crippen LogP contribution in [0.25, 0.3) is 0 Å². The molecule has 7 nitrogen and oxygen atoms in total. The smallest absolute Gasteiger partial charge is 0.410 e. The number of guanidine groups is 1. The maximum atomic E-state index is 12.1. The summed E-state index contributed by atoms with van der Waals surface area (Å²) in [6, 6.07) is 0.440. The molecule has 2 unspecified atom stereocenters. The van der Waals surface area contributed by atoms with Gasteiger partial charge in [-0.2, -0.15) is 0 Å². The van der Waals surface area contributed by atoms with E-state index in [4.69, 9.17) is 4.74 Å². The molecular weight excluding hydrogens is 354 g/mol. The Morgan fingerprint density at radius 3 is 2.25 bits per heavy atom. The molecule has 0 spiro atoms. The average molecular weight is 400 g/mol. The summed E-state index contributed by atoms with van der Waals surface area (Å²) in [6.45, 7) is 18.4. The Labute approximate surface area is 173 Å². The molecule has 0 aliphatic heterocycles. The quantitative estimate of drug-likeness (QED) is 0.412. The molecule has 0 radical (unpaired) electrons. The molecule has 166 valence electrons. The van der Waals surface area contributed by atoms with E-state index in [0.717, 1.165) is 45.0 Å². The molecule has 0 aromatic heterocycles. The maximum absolute atomic E-state index is 12.1. The van der Waals surface area contributed by atoms with Crippen LogP contribution < -0.4 is 10.6 Å². The fourth-order valence-corrected chi connectivity index (χ4v) is 2.77. The molecule has 0 aromatic rings. The summed E-state index contributed by atoms with van der Waals surface area (Å²) in [5.74, 6) is 0.808. The van der Waals surface area contributed by atoms with Crippen molar-refractivity contribution < 1.29 is 9.53 Å². The van der Waals surface area contributed by atoms with E-state index in [0.29, 0.717) is 6.04 Å². The molecule has 0 fully saturated rings. The van der Waals surface area contributed by atoms with E-state index in [1.807, 2.05) is 27.7 Å². The molecule has 0 saturated carbocycles. The number of nitrogens with zero attached hydrogens (tertiary/aromatic N) is 3. The van der Waals surface area contributed by atoms with Gasteiger partial charge in [0.05, 0.1) is 0 Å². The molecule has 0 aliphatic rings. The number of aliphatic imine (C=N–C) groups is 1. The number of amides is 1. The Morgan fingerprint density at radius 1 is 1.14 bits per heavy atom. The van der Waals surface area contributed by atoms with Crippen LogP contribution >= 0.6 is 0 Å². The second kappa shape index (κ2) is 13.6. The third-order valence-electron chi connectivity index (χ3n) is 4.81. The number of carbonyl (C=O) groups excluding carboxylic acids is 1. The van der Waals surface area contributed by atoms with Crippen LogP contribution in [0, 0.1) is 0 Å². The van der Waals surface area contributed by atoms with Crippen LogP contribution in [0.1, 0.15) is 67.7 Å². The summed E-state index contributed by atoms with van der Waals surface area (Å²) >= 11 is 0. The highest BCUT2D eigenvalue weighted by atomic mass is 16.6. The Balaban J connectivity index is 4.21. The van der Waals surface area contributed by atoms with Gasteiger partial charge in [0, 0.05) is 32.7 Å². The molecule has 0 rings (SSSR count). The van der Waals surface area contributed by atoms with Gasteiger partial charge in [-0.15, -0.1) is 0 Å². The van der Waals surface area contributed by atoms with Crippen molar-refractivity contribution in [3.05, 3.63) is 0 Å². The van der Waals surface area contributed by atoms with Crippen molar-refractivity contribution in [2.24, 2.45) is 4.99 Å². The highest BCUT2D eigenvalue weighted by molar-refractivity contribution is 5.79. The lowest BCUT2D eigenvalue weighted by Crippen LogP contribution is -2.45. The van der Waals surface area contributed by atoms with Crippen molar-refractivity contribution in [1.82, 2.24) is 20.4 Å². The Morgan fingerprint density at radius 2 is 1.75 bits per heavy atom. The molecule has 0 saturated heterocycles. The second-order valence-corrected chi connectivity index (χ2v) is 8.44. The van der Waals surface area contributed by atoms with Crippen molar-refractivity contribution in [3.8, 4) is 0 Å². The van der Waals surface area contributed by atoms with Gasteiger partial charge in [-0.1, -0.05) is 13.8 Å². The fraction of sp³-hybridized carbons (Fsp3) is 0.905. The van der Waals surface area contributed by atoms with E-state index in [-0.39, 0.29) is 12.1 Å². The molecular formula is C21H45N5O2. The lowest BCUT2D eigenvalue weighted by molar-refractivity contribution is 0.0230. The van der Waals surface area contributed by atoms with E-state index >= 15 is 0 Å². The zero-order valence-electron chi connectivity index (χ0n) is 19.8. The summed E-state index contributed by atoms with van der Waals surface area (Å²) in [7, 11) is 3.57. The van der Waals surface area contributed by atoms with Gasteiger partial charge in [-0.25, -0.2) is 4.79 Å². The summed E-state index contributed by atoms with van der Waals surface area (Å²) in [5.41, 5.74) is -0.475. The minimum absolute atomic E-state index is 0.0759. The van der Waals surface area contributed by atoms with Crippen molar-refractivity contribution in [2.75, 3.05) is 40.3 Å². The molecule has 1 amide bonds. The van der Waals surface area contributed by atoms with E-state index < -0.39 is 5.60 Å². The van der Waals surface area contributed by atoms with Gasteiger partial charge in [0.15, 0.2) is 5.96 Å². The number of hydrogen-bond donors (Lipinski definition) is 2. The van der Waals surface area contributed by atoms with Gasteiger partial charge < -0.3 is 25.2 Å². The van der Waals surface area contributed by atoms with Gasteiger partial charge in [-0.3, -0.25) is 4.99 Å². The van der Waals surface area contributed by atoms with Gasteiger partial charge in [-0.05, 0) is 73.5 Å². The first-order valence-corrected chi connectivity index (χ1v) is 10.7. The largest absolute Gasteiger partial charge is 0.444 e. The van der Waals surface area contributed by atoms with Crippen LogP contribution in [-0.2, 0) is 4.74 Å².